The van der Waals surface area contributed by atoms with E-state index in [1.807, 2.05) is 11.8 Å². The molecule has 1 aromatic heterocycles. The number of fused-ring (bicyclic) bond motifs is 2. The number of hydrogen-bond acceptors (Lipinski definition) is 4. The van der Waals surface area contributed by atoms with Crippen LogP contribution in [0.25, 0.3) is 10.9 Å². The maximum atomic E-state index is 13.2. The van der Waals surface area contributed by atoms with Gasteiger partial charge in [-0.2, -0.15) is 18.3 Å². The Bertz CT molecular complexity index is 779. The Labute approximate surface area is 130 Å². The summed E-state index contributed by atoms with van der Waals surface area (Å²) in [6, 6.07) is 2.71. The number of benzene rings is 1. The molecule has 23 heavy (non-hydrogen) atoms. The summed E-state index contributed by atoms with van der Waals surface area (Å²) >= 11 is 0. The quantitative estimate of drug-likeness (QED) is 0.848. The predicted octanol–water partition coefficient (Wildman–Crippen LogP) is 2.55. The Hall–Kier alpha value is -2.25. The molecule has 2 N–H and O–H groups in total. The molecule has 1 saturated heterocycles. The Kier molecular flexibility index (Phi) is 3.04. The predicted molar refractivity (Wildman–Crippen MR) is 81.7 cm³/mol. The molecule has 2 atom stereocenters. The lowest BCUT2D eigenvalue weighted by Crippen LogP contribution is -2.50. The molecule has 8 heteroatoms. The van der Waals surface area contributed by atoms with Gasteiger partial charge in [-0.25, -0.2) is 0 Å². The van der Waals surface area contributed by atoms with Crippen molar-refractivity contribution in [3.63, 3.8) is 0 Å². The summed E-state index contributed by atoms with van der Waals surface area (Å²) in [5.41, 5.74) is 0.329. The maximum absolute atomic E-state index is 13.2. The number of nitrogens with one attached hydrogen (secondary N) is 2. The van der Waals surface area contributed by atoms with Gasteiger partial charge in [0.1, 0.15) is 0 Å². The Balaban J connectivity index is 1.72. The van der Waals surface area contributed by atoms with Crippen LogP contribution in [0.4, 0.5) is 18.9 Å². The molecule has 0 radical (unpaired) electrons. The number of piperidine rings is 1. The Morgan fingerprint density at radius 2 is 2.13 bits per heavy atom. The van der Waals surface area contributed by atoms with E-state index in [0.29, 0.717) is 29.7 Å². The van der Waals surface area contributed by atoms with E-state index >= 15 is 0 Å². The van der Waals surface area contributed by atoms with Gasteiger partial charge in [0.25, 0.3) is 0 Å². The first-order valence-corrected chi connectivity index (χ1v) is 7.52. The second-order valence-electron chi connectivity index (χ2n) is 6.09. The number of aromatic nitrogens is 2. The lowest BCUT2D eigenvalue weighted by molar-refractivity contribution is -0.137. The van der Waals surface area contributed by atoms with Crippen LogP contribution in [0.1, 0.15) is 18.9 Å². The van der Waals surface area contributed by atoms with E-state index in [1.165, 1.54) is 6.07 Å². The minimum Gasteiger partial charge on any atom is -0.369 e. The van der Waals surface area contributed by atoms with Gasteiger partial charge in [0.15, 0.2) is 0 Å². The SMILES string of the molecule is CC1=NC2CCN(c3cc(C(F)(F)F)cc4[nH]ncc34)CC2N1. The highest BCUT2D eigenvalue weighted by atomic mass is 19.4. The highest BCUT2D eigenvalue weighted by molar-refractivity contribution is 5.92. The summed E-state index contributed by atoms with van der Waals surface area (Å²) in [6.07, 6.45) is -1.97. The van der Waals surface area contributed by atoms with Crippen molar-refractivity contribution < 1.29 is 13.2 Å². The average molecular weight is 323 g/mol. The van der Waals surface area contributed by atoms with Crippen LogP contribution in [0.15, 0.2) is 23.3 Å². The fourth-order valence-corrected chi connectivity index (χ4v) is 3.47. The molecule has 0 saturated carbocycles. The van der Waals surface area contributed by atoms with E-state index in [9.17, 15) is 13.2 Å². The summed E-state index contributed by atoms with van der Waals surface area (Å²) in [7, 11) is 0. The van der Waals surface area contributed by atoms with Crippen LogP contribution in [-0.4, -0.2) is 41.2 Å². The van der Waals surface area contributed by atoms with Crippen molar-refractivity contribution in [2.45, 2.75) is 31.6 Å². The van der Waals surface area contributed by atoms with Crippen molar-refractivity contribution >= 4 is 22.4 Å². The maximum Gasteiger partial charge on any atom is 0.416 e. The molecule has 1 aromatic carbocycles. The van der Waals surface area contributed by atoms with Gasteiger partial charge in [0.2, 0.25) is 0 Å². The largest absolute Gasteiger partial charge is 0.416 e. The van der Waals surface area contributed by atoms with Gasteiger partial charge in [-0.05, 0) is 25.5 Å². The first-order valence-electron chi connectivity index (χ1n) is 7.52. The number of H-pyrrole nitrogens is 1. The first-order chi connectivity index (χ1) is 10.9. The molecule has 4 rings (SSSR count). The number of alkyl halides is 3. The van der Waals surface area contributed by atoms with Crippen molar-refractivity contribution in [2.24, 2.45) is 4.99 Å². The van der Waals surface area contributed by atoms with Crippen LogP contribution in [0, 0.1) is 0 Å². The molecule has 2 aliphatic rings. The minimum absolute atomic E-state index is 0.153. The number of aromatic amines is 1. The van der Waals surface area contributed by atoms with E-state index in [2.05, 4.69) is 20.5 Å². The van der Waals surface area contributed by atoms with E-state index in [4.69, 9.17) is 0 Å². The monoisotopic (exact) mass is 323 g/mol. The zero-order valence-corrected chi connectivity index (χ0v) is 12.5. The summed E-state index contributed by atoms with van der Waals surface area (Å²) in [5, 5.41) is 10.6. The zero-order valence-electron chi connectivity index (χ0n) is 12.5. The Morgan fingerprint density at radius 1 is 1.30 bits per heavy atom. The summed E-state index contributed by atoms with van der Waals surface area (Å²) in [6.45, 7) is 3.23. The first kappa shape index (κ1) is 14.3. The molecule has 0 spiro atoms. The second kappa shape index (κ2) is 4.87. The fraction of sp³-hybridized carbons (Fsp3) is 0.467. The number of halogens is 3. The topological polar surface area (TPSA) is 56.3 Å². The highest BCUT2D eigenvalue weighted by Crippen LogP contribution is 2.37. The molecule has 5 nitrogen and oxygen atoms in total. The minimum atomic E-state index is -4.38. The third-order valence-corrected chi connectivity index (χ3v) is 4.53. The van der Waals surface area contributed by atoms with Crippen LogP contribution in [0.2, 0.25) is 0 Å². The molecule has 2 aromatic rings. The lowest BCUT2D eigenvalue weighted by atomic mass is 9.99. The third kappa shape index (κ3) is 2.42. The summed E-state index contributed by atoms with van der Waals surface area (Å²) < 4.78 is 39.5. The van der Waals surface area contributed by atoms with Gasteiger partial charge in [-0.3, -0.25) is 10.1 Å². The number of anilines is 1. The fourth-order valence-electron chi connectivity index (χ4n) is 3.47. The Morgan fingerprint density at radius 3 is 2.91 bits per heavy atom. The normalized spacial score (nSPS) is 24.5. The van der Waals surface area contributed by atoms with Gasteiger partial charge >= 0.3 is 6.18 Å². The van der Waals surface area contributed by atoms with E-state index < -0.39 is 11.7 Å². The van der Waals surface area contributed by atoms with Gasteiger partial charge in [0.05, 0.1) is 35.2 Å². The number of aliphatic imine (C=N–C) groups is 1. The van der Waals surface area contributed by atoms with E-state index in [0.717, 1.165) is 18.3 Å². The van der Waals surface area contributed by atoms with Crippen molar-refractivity contribution in [3.8, 4) is 0 Å². The molecule has 1 fully saturated rings. The van der Waals surface area contributed by atoms with E-state index in [1.54, 1.807) is 6.20 Å². The van der Waals surface area contributed by atoms with E-state index in [-0.39, 0.29) is 12.1 Å². The van der Waals surface area contributed by atoms with Gasteiger partial charge in [-0.1, -0.05) is 0 Å². The third-order valence-electron chi connectivity index (χ3n) is 4.53. The molecule has 122 valence electrons. The molecular weight excluding hydrogens is 307 g/mol. The molecular formula is C15H16F3N5. The lowest BCUT2D eigenvalue weighted by Gasteiger charge is -2.36. The van der Waals surface area contributed by atoms with Crippen molar-refractivity contribution in [1.82, 2.24) is 15.5 Å². The molecule has 2 unspecified atom stereocenters. The zero-order chi connectivity index (χ0) is 16.2. The number of hydrogen-bond donors (Lipinski definition) is 2. The van der Waals surface area contributed by atoms with Crippen molar-refractivity contribution in [2.75, 3.05) is 18.0 Å². The molecule has 3 heterocycles. The van der Waals surface area contributed by atoms with Gasteiger partial charge in [0, 0.05) is 24.2 Å². The molecule has 0 bridgehead atoms. The number of rotatable bonds is 1. The standard InChI is InChI=1S/C15H16F3N5/c1-8-20-11-2-3-23(7-13(11)21-8)14-5-9(15(16,17)18)4-12-10(14)6-19-22-12/h4-6,11,13H,2-3,7H2,1H3,(H,19,22)(H,20,21). The molecule has 2 aliphatic heterocycles. The number of amidine groups is 1. The van der Waals surface area contributed by atoms with Gasteiger partial charge < -0.3 is 10.2 Å². The number of nitrogens with zero attached hydrogens (tertiary/aromatic N) is 3. The highest BCUT2D eigenvalue weighted by Gasteiger charge is 2.36. The van der Waals surface area contributed by atoms with Crippen molar-refractivity contribution in [3.05, 3.63) is 23.9 Å². The van der Waals surface area contributed by atoms with Crippen LogP contribution >= 0.6 is 0 Å². The smallest absolute Gasteiger partial charge is 0.369 e. The van der Waals surface area contributed by atoms with Crippen LogP contribution in [0.3, 0.4) is 0 Å². The summed E-state index contributed by atoms with van der Waals surface area (Å²) in [5.74, 6) is 0.902. The molecule has 0 aliphatic carbocycles. The summed E-state index contributed by atoms with van der Waals surface area (Å²) in [4.78, 5) is 6.52. The van der Waals surface area contributed by atoms with Crippen LogP contribution in [0.5, 0.6) is 0 Å². The van der Waals surface area contributed by atoms with Crippen molar-refractivity contribution in [1.29, 1.82) is 0 Å². The molecule has 0 amide bonds. The second-order valence-corrected chi connectivity index (χ2v) is 6.09. The van der Waals surface area contributed by atoms with Crippen LogP contribution in [-0.2, 0) is 6.18 Å². The van der Waals surface area contributed by atoms with Gasteiger partial charge in [-0.15, -0.1) is 0 Å². The van der Waals surface area contributed by atoms with Crippen LogP contribution < -0.4 is 10.2 Å². The average Bonchev–Trinajstić information content (AvgIpc) is 3.08.